The molecular formula is C15H24N2O3. The first-order valence-electron chi connectivity index (χ1n) is 7.07. The van der Waals surface area contributed by atoms with E-state index in [0.717, 1.165) is 39.0 Å². The number of rotatable bonds is 5. The predicted molar refractivity (Wildman–Crippen MR) is 76.8 cm³/mol. The molecular weight excluding hydrogens is 256 g/mol. The van der Waals surface area contributed by atoms with E-state index in [2.05, 4.69) is 19.0 Å². The molecule has 20 heavy (non-hydrogen) atoms. The van der Waals surface area contributed by atoms with Crippen molar-refractivity contribution >= 4 is 5.91 Å². The van der Waals surface area contributed by atoms with Crippen LogP contribution < -0.4 is 0 Å². The number of nitrogens with zero attached hydrogens (tertiary/aromatic N) is 2. The standard InChI is InChI=1S/C15H24N2O3/c1-16(2)15(7-11-19-3)5-8-17(9-6-15)14(18)13-4-10-20-12-13/h4,10,12H,5-9,11H2,1-3H3. The van der Waals surface area contributed by atoms with E-state index in [0.29, 0.717) is 5.56 Å². The number of amides is 1. The molecule has 5 heteroatoms. The van der Waals surface area contributed by atoms with Crippen LogP contribution in [0, 0.1) is 0 Å². The molecule has 1 saturated heterocycles. The van der Waals surface area contributed by atoms with E-state index in [4.69, 9.17) is 9.15 Å². The van der Waals surface area contributed by atoms with Gasteiger partial charge in [0.2, 0.25) is 0 Å². The molecule has 1 amide bonds. The maximum atomic E-state index is 12.3. The van der Waals surface area contributed by atoms with Crippen LogP contribution in [0.3, 0.4) is 0 Å². The maximum Gasteiger partial charge on any atom is 0.257 e. The highest BCUT2D eigenvalue weighted by atomic mass is 16.5. The molecule has 0 radical (unpaired) electrons. The molecule has 0 aromatic carbocycles. The number of hydrogen-bond acceptors (Lipinski definition) is 4. The molecule has 2 heterocycles. The van der Waals surface area contributed by atoms with Gasteiger partial charge in [0.05, 0.1) is 11.8 Å². The quantitative estimate of drug-likeness (QED) is 0.826. The summed E-state index contributed by atoms with van der Waals surface area (Å²) < 4.78 is 10.2. The van der Waals surface area contributed by atoms with E-state index in [-0.39, 0.29) is 11.4 Å². The van der Waals surface area contributed by atoms with Crippen molar-refractivity contribution in [3.8, 4) is 0 Å². The van der Waals surface area contributed by atoms with Crippen molar-refractivity contribution in [3.63, 3.8) is 0 Å². The van der Waals surface area contributed by atoms with Crippen molar-refractivity contribution in [2.24, 2.45) is 0 Å². The van der Waals surface area contributed by atoms with Gasteiger partial charge in [-0.25, -0.2) is 0 Å². The van der Waals surface area contributed by atoms with E-state index in [9.17, 15) is 4.79 Å². The molecule has 0 aliphatic carbocycles. The Morgan fingerprint density at radius 2 is 2.15 bits per heavy atom. The zero-order valence-corrected chi connectivity index (χ0v) is 12.6. The van der Waals surface area contributed by atoms with Crippen molar-refractivity contribution in [1.29, 1.82) is 0 Å². The molecule has 112 valence electrons. The molecule has 1 aliphatic heterocycles. The lowest BCUT2D eigenvalue weighted by atomic mass is 9.83. The lowest BCUT2D eigenvalue weighted by molar-refractivity contribution is 0.0254. The summed E-state index contributed by atoms with van der Waals surface area (Å²) in [5, 5.41) is 0. The van der Waals surface area contributed by atoms with Crippen LogP contribution in [0.15, 0.2) is 23.0 Å². The van der Waals surface area contributed by atoms with Gasteiger partial charge >= 0.3 is 0 Å². The Bertz CT molecular complexity index is 420. The summed E-state index contributed by atoms with van der Waals surface area (Å²) in [5.74, 6) is 0.0675. The van der Waals surface area contributed by atoms with Crippen LogP contribution >= 0.6 is 0 Å². The Morgan fingerprint density at radius 1 is 1.45 bits per heavy atom. The molecule has 1 aromatic rings. The third-order valence-electron chi connectivity index (χ3n) is 4.47. The molecule has 5 nitrogen and oxygen atoms in total. The summed E-state index contributed by atoms with van der Waals surface area (Å²) in [7, 11) is 5.97. The zero-order valence-electron chi connectivity index (χ0n) is 12.6. The molecule has 0 spiro atoms. The second-order valence-electron chi connectivity index (χ2n) is 5.67. The Balaban J connectivity index is 1.98. The van der Waals surface area contributed by atoms with E-state index in [1.165, 1.54) is 6.26 Å². The van der Waals surface area contributed by atoms with E-state index in [1.54, 1.807) is 19.4 Å². The average Bonchev–Trinajstić information content (AvgIpc) is 2.99. The summed E-state index contributed by atoms with van der Waals surface area (Å²) in [5.41, 5.74) is 0.780. The van der Waals surface area contributed by atoms with Crippen molar-refractivity contribution < 1.29 is 13.9 Å². The number of likely N-dealkylation sites (tertiary alicyclic amines) is 1. The highest BCUT2D eigenvalue weighted by Gasteiger charge is 2.37. The predicted octanol–water partition coefficient (Wildman–Crippen LogP) is 1.85. The number of methoxy groups -OCH3 is 1. The molecule has 2 rings (SSSR count). The summed E-state index contributed by atoms with van der Waals surface area (Å²) >= 11 is 0. The fourth-order valence-electron chi connectivity index (χ4n) is 2.91. The number of hydrogen-bond donors (Lipinski definition) is 0. The highest BCUT2D eigenvalue weighted by molar-refractivity contribution is 5.93. The molecule has 1 aromatic heterocycles. The smallest absolute Gasteiger partial charge is 0.257 e. The zero-order chi connectivity index (χ0) is 14.6. The monoisotopic (exact) mass is 280 g/mol. The topological polar surface area (TPSA) is 45.9 Å². The van der Waals surface area contributed by atoms with Crippen LogP contribution in [-0.4, -0.2) is 62.1 Å². The van der Waals surface area contributed by atoms with Crippen molar-refractivity contribution in [2.75, 3.05) is 40.9 Å². The molecule has 0 atom stereocenters. The van der Waals surface area contributed by atoms with Gasteiger partial charge in [0.15, 0.2) is 0 Å². The van der Waals surface area contributed by atoms with Gasteiger partial charge in [0.1, 0.15) is 6.26 Å². The molecule has 1 fully saturated rings. The van der Waals surface area contributed by atoms with Gasteiger partial charge < -0.3 is 19.0 Å². The Labute approximate surface area is 120 Å². The number of carbonyl (C=O) groups excluding carboxylic acids is 1. The Hall–Kier alpha value is -1.33. The van der Waals surface area contributed by atoms with Crippen molar-refractivity contribution in [3.05, 3.63) is 24.2 Å². The largest absolute Gasteiger partial charge is 0.472 e. The van der Waals surface area contributed by atoms with Gasteiger partial charge in [0.25, 0.3) is 5.91 Å². The highest BCUT2D eigenvalue weighted by Crippen LogP contribution is 2.31. The van der Waals surface area contributed by atoms with E-state index < -0.39 is 0 Å². The van der Waals surface area contributed by atoms with Crippen LogP contribution in [-0.2, 0) is 4.74 Å². The van der Waals surface area contributed by atoms with Gasteiger partial charge in [0, 0.05) is 32.3 Å². The Morgan fingerprint density at radius 3 is 2.65 bits per heavy atom. The van der Waals surface area contributed by atoms with Crippen LogP contribution in [0.5, 0.6) is 0 Å². The van der Waals surface area contributed by atoms with Crippen molar-refractivity contribution in [1.82, 2.24) is 9.80 Å². The fraction of sp³-hybridized carbons (Fsp3) is 0.667. The lowest BCUT2D eigenvalue weighted by Crippen LogP contribution is -2.54. The molecule has 1 aliphatic rings. The number of piperidine rings is 1. The summed E-state index contributed by atoms with van der Waals surface area (Å²) in [6, 6.07) is 1.72. The third kappa shape index (κ3) is 3.04. The van der Waals surface area contributed by atoms with E-state index in [1.807, 2.05) is 4.90 Å². The second kappa shape index (κ2) is 6.41. The summed E-state index contributed by atoms with van der Waals surface area (Å²) in [4.78, 5) is 16.5. The fourth-order valence-corrected chi connectivity index (χ4v) is 2.91. The Kier molecular flexibility index (Phi) is 4.83. The number of carbonyl (C=O) groups is 1. The van der Waals surface area contributed by atoms with E-state index >= 15 is 0 Å². The maximum absolute atomic E-state index is 12.3. The van der Waals surface area contributed by atoms with Gasteiger partial charge in [-0.3, -0.25) is 4.79 Å². The normalized spacial score (nSPS) is 18.5. The lowest BCUT2D eigenvalue weighted by Gasteiger charge is -2.46. The first kappa shape index (κ1) is 15.1. The van der Waals surface area contributed by atoms with Crippen LogP contribution in [0.2, 0.25) is 0 Å². The van der Waals surface area contributed by atoms with Gasteiger partial charge in [-0.05, 0) is 39.4 Å². The first-order valence-corrected chi connectivity index (χ1v) is 7.07. The number of ether oxygens (including phenoxy) is 1. The first-order chi connectivity index (χ1) is 9.59. The molecule has 0 N–H and O–H groups in total. The molecule has 0 unspecified atom stereocenters. The van der Waals surface area contributed by atoms with Crippen molar-refractivity contribution in [2.45, 2.75) is 24.8 Å². The second-order valence-corrected chi connectivity index (χ2v) is 5.67. The molecule has 0 saturated carbocycles. The summed E-state index contributed by atoms with van der Waals surface area (Å²) in [6.45, 7) is 2.33. The number of furan rings is 1. The van der Waals surface area contributed by atoms with Gasteiger partial charge in [-0.2, -0.15) is 0 Å². The minimum absolute atomic E-state index is 0.0675. The van der Waals surface area contributed by atoms with Crippen LogP contribution in [0.4, 0.5) is 0 Å². The van der Waals surface area contributed by atoms with Crippen LogP contribution in [0.25, 0.3) is 0 Å². The summed E-state index contributed by atoms with van der Waals surface area (Å²) in [6.07, 6.45) is 6.02. The molecule has 0 bridgehead atoms. The minimum Gasteiger partial charge on any atom is -0.472 e. The van der Waals surface area contributed by atoms with Gasteiger partial charge in [-0.15, -0.1) is 0 Å². The average molecular weight is 280 g/mol. The minimum atomic E-state index is 0.0675. The third-order valence-corrected chi connectivity index (χ3v) is 4.47. The SMILES string of the molecule is COCCC1(N(C)C)CCN(C(=O)c2ccoc2)CC1. The van der Waals surface area contributed by atoms with Gasteiger partial charge in [-0.1, -0.05) is 0 Å². The van der Waals surface area contributed by atoms with Crippen LogP contribution in [0.1, 0.15) is 29.6 Å².